The number of amides is 1. The van der Waals surface area contributed by atoms with Crippen LogP contribution < -0.4 is 5.32 Å². The van der Waals surface area contributed by atoms with Gasteiger partial charge in [0.15, 0.2) is 10.0 Å². The highest BCUT2D eigenvalue weighted by molar-refractivity contribution is 8.00. The molecule has 1 aromatic carbocycles. The van der Waals surface area contributed by atoms with Crippen molar-refractivity contribution in [2.45, 2.75) is 23.2 Å². The molecule has 11 heteroatoms. The molecule has 0 unspecified atom stereocenters. The summed E-state index contributed by atoms with van der Waals surface area (Å²) in [5, 5.41) is 14.2. The molecule has 0 saturated carbocycles. The van der Waals surface area contributed by atoms with E-state index in [1.54, 1.807) is 6.92 Å². The van der Waals surface area contributed by atoms with Crippen molar-refractivity contribution >= 4 is 34.1 Å². The normalized spacial score (nSPS) is 11.5. The summed E-state index contributed by atoms with van der Waals surface area (Å²) in [5.41, 5.74) is 0.175. The van der Waals surface area contributed by atoms with Gasteiger partial charge in [-0.3, -0.25) is 10.1 Å². The molecule has 1 amide bonds. The summed E-state index contributed by atoms with van der Waals surface area (Å²) in [6.07, 6.45) is -4.35. The average Bonchev–Trinajstić information content (AvgIpc) is 3.21. The van der Waals surface area contributed by atoms with E-state index in [2.05, 4.69) is 20.7 Å². The molecule has 0 radical (unpaired) electrons. The fourth-order valence-electron chi connectivity index (χ4n) is 1.89. The van der Waals surface area contributed by atoms with Crippen LogP contribution in [0.3, 0.4) is 0 Å². The third-order valence-corrected chi connectivity index (χ3v) is 5.17. The summed E-state index contributed by atoms with van der Waals surface area (Å²) in [7, 11) is 0. The number of carbonyl (C=O) groups excluding carboxylic acids is 1. The number of anilines is 1. The monoisotopic (exact) mass is 400 g/mol. The van der Waals surface area contributed by atoms with Crippen molar-refractivity contribution in [1.82, 2.24) is 15.4 Å². The third-order valence-electron chi connectivity index (χ3n) is 3.13. The van der Waals surface area contributed by atoms with Crippen molar-refractivity contribution < 1.29 is 22.5 Å². The van der Waals surface area contributed by atoms with Gasteiger partial charge < -0.3 is 4.52 Å². The van der Waals surface area contributed by atoms with Crippen molar-refractivity contribution in [2.24, 2.45) is 0 Å². The minimum atomic E-state index is -4.35. The van der Waals surface area contributed by atoms with Crippen LogP contribution in [0.1, 0.15) is 27.4 Å². The Balaban J connectivity index is 1.56. The maximum atomic E-state index is 12.5. The van der Waals surface area contributed by atoms with Crippen molar-refractivity contribution in [3.05, 3.63) is 52.9 Å². The molecule has 0 fully saturated rings. The van der Waals surface area contributed by atoms with E-state index in [0.717, 1.165) is 29.0 Å². The standard InChI is InChI=1S/C15H11F3N4O2S2/c1-8-6-11(22-24-8)12(23)19-13-20-21-14(26-13)25-7-9-2-4-10(5-3-9)15(16,17)18/h2-6H,7H2,1H3,(H,19,20,23). The number of benzene rings is 1. The minimum Gasteiger partial charge on any atom is -0.361 e. The zero-order valence-corrected chi connectivity index (χ0v) is 14.8. The van der Waals surface area contributed by atoms with E-state index in [4.69, 9.17) is 4.52 Å². The number of thioether (sulfide) groups is 1. The predicted octanol–water partition coefficient (Wildman–Crippen LogP) is 4.40. The lowest BCUT2D eigenvalue weighted by molar-refractivity contribution is -0.137. The second kappa shape index (κ2) is 7.46. The molecule has 3 aromatic rings. The van der Waals surface area contributed by atoms with E-state index in [9.17, 15) is 18.0 Å². The highest BCUT2D eigenvalue weighted by Gasteiger charge is 2.29. The minimum absolute atomic E-state index is 0.136. The molecule has 0 bridgehead atoms. The Morgan fingerprint density at radius 2 is 2.00 bits per heavy atom. The highest BCUT2D eigenvalue weighted by atomic mass is 32.2. The Hall–Kier alpha value is -2.40. The van der Waals surface area contributed by atoms with E-state index in [1.165, 1.54) is 30.0 Å². The molecule has 2 aromatic heterocycles. The first-order chi connectivity index (χ1) is 12.3. The van der Waals surface area contributed by atoms with Gasteiger partial charge in [0.2, 0.25) is 5.13 Å². The van der Waals surface area contributed by atoms with Gasteiger partial charge in [-0.2, -0.15) is 13.2 Å². The number of rotatable bonds is 5. The number of alkyl halides is 3. The average molecular weight is 400 g/mol. The molecule has 2 heterocycles. The molecule has 26 heavy (non-hydrogen) atoms. The van der Waals surface area contributed by atoms with Gasteiger partial charge in [0.25, 0.3) is 5.91 Å². The van der Waals surface area contributed by atoms with Crippen LogP contribution in [-0.4, -0.2) is 21.3 Å². The summed E-state index contributed by atoms with van der Waals surface area (Å²) >= 11 is 2.47. The number of aromatic nitrogens is 3. The van der Waals surface area contributed by atoms with Crippen LogP contribution in [0.5, 0.6) is 0 Å². The molecule has 1 N–H and O–H groups in total. The molecule has 0 aliphatic rings. The number of hydrogen-bond donors (Lipinski definition) is 1. The van der Waals surface area contributed by atoms with Crippen LogP contribution in [0.25, 0.3) is 0 Å². The highest BCUT2D eigenvalue weighted by Crippen LogP contribution is 2.31. The second-order valence-electron chi connectivity index (χ2n) is 5.13. The summed E-state index contributed by atoms with van der Waals surface area (Å²) in [4.78, 5) is 11.9. The maximum Gasteiger partial charge on any atom is 0.416 e. The first-order valence-corrected chi connectivity index (χ1v) is 8.98. The molecule has 136 valence electrons. The summed E-state index contributed by atoms with van der Waals surface area (Å²) in [6.45, 7) is 1.67. The Morgan fingerprint density at radius 3 is 2.62 bits per heavy atom. The van der Waals surface area contributed by atoms with Crippen LogP contribution in [0.2, 0.25) is 0 Å². The molecule has 0 spiro atoms. The van der Waals surface area contributed by atoms with Crippen molar-refractivity contribution in [2.75, 3.05) is 5.32 Å². The van der Waals surface area contributed by atoms with Crippen LogP contribution in [-0.2, 0) is 11.9 Å². The molecule has 3 rings (SSSR count). The number of hydrogen-bond acceptors (Lipinski definition) is 7. The van der Waals surface area contributed by atoms with Crippen molar-refractivity contribution in [3.63, 3.8) is 0 Å². The Labute approximate surface area is 153 Å². The largest absolute Gasteiger partial charge is 0.416 e. The first kappa shape index (κ1) is 18.4. The van der Waals surface area contributed by atoms with Gasteiger partial charge in [-0.15, -0.1) is 10.2 Å². The topological polar surface area (TPSA) is 80.9 Å². The molecule has 0 aliphatic heterocycles. The van der Waals surface area contributed by atoms with E-state index < -0.39 is 17.6 Å². The summed E-state index contributed by atoms with van der Waals surface area (Å²) < 4.78 is 43.0. The van der Waals surface area contributed by atoms with E-state index in [1.807, 2.05) is 0 Å². The summed E-state index contributed by atoms with van der Waals surface area (Å²) in [5.74, 6) is 0.487. The zero-order chi connectivity index (χ0) is 18.7. The number of nitrogens with one attached hydrogen (secondary N) is 1. The second-order valence-corrected chi connectivity index (χ2v) is 7.33. The lowest BCUT2D eigenvalue weighted by Gasteiger charge is -2.06. The van der Waals surface area contributed by atoms with Crippen molar-refractivity contribution in [3.8, 4) is 0 Å². The molecular formula is C15H11F3N4O2S2. The molecule has 0 atom stereocenters. The van der Waals surface area contributed by atoms with Gasteiger partial charge in [-0.05, 0) is 24.6 Å². The van der Waals surface area contributed by atoms with Gasteiger partial charge in [-0.25, -0.2) is 0 Å². The van der Waals surface area contributed by atoms with Gasteiger partial charge in [0.1, 0.15) is 5.76 Å². The predicted molar refractivity (Wildman–Crippen MR) is 90.1 cm³/mol. The summed E-state index contributed by atoms with van der Waals surface area (Å²) in [6, 6.07) is 6.43. The van der Waals surface area contributed by atoms with E-state index in [-0.39, 0.29) is 5.69 Å². The number of nitrogens with zero attached hydrogens (tertiary/aromatic N) is 3. The lowest BCUT2D eigenvalue weighted by Crippen LogP contribution is -2.11. The number of aryl methyl sites for hydroxylation is 1. The zero-order valence-electron chi connectivity index (χ0n) is 13.2. The van der Waals surface area contributed by atoms with E-state index in [0.29, 0.717) is 21.0 Å². The fourth-order valence-corrected chi connectivity index (χ4v) is 3.59. The van der Waals surface area contributed by atoms with Gasteiger partial charge in [-0.1, -0.05) is 40.4 Å². The molecule has 6 nitrogen and oxygen atoms in total. The lowest BCUT2D eigenvalue weighted by atomic mass is 10.1. The maximum absolute atomic E-state index is 12.5. The first-order valence-electron chi connectivity index (χ1n) is 7.18. The van der Waals surface area contributed by atoms with Crippen LogP contribution in [0.4, 0.5) is 18.3 Å². The molecule has 0 aliphatic carbocycles. The van der Waals surface area contributed by atoms with Crippen LogP contribution in [0, 0.1) is 6.92 Å². The van der Waals surface area contributed by atoms with Gasteiger partial charge >= 0.3 is 6.18 Å². The van der Waals surface area contributed by atoms with Crippen LogP contribution >= 0.6 is 23.1 Å². The molecule has 0 saturated heterocycles. The number of halogens is 3. The Bertz CT molecular complexity index is 906. The molecular weight excluding hydrogens is 389 g/mol. The SMILES string of the molecule is Cc1cc(C(=O)Nc2nnc(SCc3ccc(C(F)(F)F)cc3)s2)no1. The van der Waals surface area contributed by atoms with Gasteiger partial charge in [0, 0.05) is 11.8 Å². The Morgan fingerprint density at radius 1 is 1.27 bits per heavy atom. The number of carbonyl (C=O) groups is 1. The smallest absolute Gasteiger partial charge is 0.361 e. The Kier molecular flexibility index (Phi) is 5.28. The van der Waals surface area contributed by atoms with Gasteiger partial charge in [0.05, 0.1) is 5.56 Å². The van der Waals surface area contributed by atoms with E-state index >= 15 is 0 Å². The quantitative estimate of drug-likeness (QED) is 0.505. The van der Waals surface area contributed by atoms with Crippen LogP contribution in [0.15, 0.2) is 39.2 Å². The fraction of sp³-hybridized carbons (Fsp3) is 0.200. The third kappa shape index (κ3) is 4.61. The van der Waals surface area contributed by atoms with Crippen molar-refractivity contribution in [1.29, 1.82) is 0 Å².